The maximum atomic E-state index is 12.7. The zero-order chi connectivity index (χ0) is 21.9. The number of nitrogens with one attached hydrogen (secondary N) is 2. The Morgan fingerprint density at radius 3 is 2.30 bits per heavy atom. The molecular formula is C22H19ClN2O4S. The molecular weight excluding hydrogens is 424 g/mol. The van der Waals surface area contributed by atoms with E-state index >= 15 is 0 Å². The third-order valence-electron chi connectivity index (χ3n) is 4.29. The van der Waals surface area contributed by atoms with Gasteiger partial charge in [-0.15, -0.1) is 0 Å². The molecule has 8 heteroatoms. The average Bonchev–Trinajstić information content (AvgIpc) is 2.67. The van der Waals surface area contributed by atoms with Crippen molar-refractivity contribution in [2.45, 2.75) is 11.8 Å². The molecule has 0 aliphatic carbocycles. The van der Waals surface area contributed by atoms with E-state index in [-0.39, 0.29) is 27.0 Å². The van der Waals surface area contributed by atoms with Crippen LogP contribution in [0, 0.1) is 6.92 Å². The Labute approximate surface area is 179 Å². The molecule has 3 aromatic rings. The minimum absolute atomic E-state index is 0.0342. The van der Waals surface area contributed by atoms with Crippen LogP contribution in [0.1, 0.15) is 26.3 Å². The van der Waals surface area contributed by atoms with Crippen molar-refractivity contribution in [2.75, 3.05) is 16.9 Å². The fourth-order valence-electron chi connectivity index (χ4n) is 2.83. The number of sulfone groups is 1. The first kappa shape index (κ1) is 21.5. The predicted octanol–water partition coefficient (Wildman–Crippen LogP) is 4.56. The van der Waals surface area contributed by atoms with Gasteiger partial charge in [0, 0.05) is 17.5 Å². The van der Waals surface area contributed by atoms with Crippen LogP contribution in [0.3, 0.4) is 0 Å². The standard InChI is InChI=1S/C22H19ClN2O4S/c1-14-6-5-7-16(12-14)24-22(27)17-8-3-4-9-19(17)25-21(26)15-10-11-18(23)20(13-15)30(2,28)29/h3-13H,1-2H3,(H,24,27)(H,25,26). The number of halogens is 1. The van der Waals surface area contributed by atoms with E-state index in [1.807, 2.05) is 25.1 Å². The first-order chi connectivity index (χ1) is 14.1. The number of hydrogen-bond donors (Lipinski definition) is 2. The molecule has 2 amide bonds. The third-order valence-corrected chi connectivity index (χ3v) is 5.87. The molecule has 2 N–H and O–H groups in total. The minimum Gasteiger partial charge on any atom is -0.322 e. The third kappa shape index (κ3) is 5.06. The van der Waals surface area contributed by atoms with E-state index in [2.05, 4.69) is 10.6 Å². The molecule has 0 saturated heterocycles. The number of hydrogen-bond acceptors (Lipinski definition) is 4. The summed E-state index contributed by atoms with van der Waals surface area (Å²) < 4.78 is 23.7. The summed E-state index contributed by atoms with van der Waals surface area (Å²) in [6.07, 6.45) is 1.01. The highest BCUT2D eigenvalue weighted by molar-refractivity contribution is 7.90. The number of aryl methyl sites for hydroxylation is 1. The molecule has 0 fully saturated rings. The Kier molecular flexibility index (Phi) is 6.24. The molecule has 0 aliphatic heterocycles. The Balaban J connectivity index is 1.86. The van der Waals surface area contributed by atoms with Crippen molar-refractivity contribution in [3.63, 3.8) is 0 Å². The van der Waals surface area contributed by atoms with Crippen LogP contribution in [-0.4, -0.2) is 26.5 Å². The number of para-hydroxylation sites is 1. The van der Waals surface area contributed by atoms with Gasteiger partial charge in [0.1, 0.15) is 0 Å². The molecule has 0 radical (unpaired) electrons. The first-order valence-corrected chi connectivity index (χ1v) is 11.2. The number of carbonyl (C=O) groups excluding carboxylic acids is 2. The molecule has 6 nitrogen and oxygen atoms in total. The summed E-state index contributed by atoms with van der Waals surface area (Å²) in [4.78, 5) is 25.3. The SMILES string of the molecule is Cc1cccc(NC(=O)c2ccccc2NC(=O)c2ccc(Cl)c(S(C)(=O)=O)c2)c1. The fraction of sp³-hybridized carbons (Fsp3) is 0.0909. The average molecular weight is 443 g/mol. The van der Waals surface area contributed by atoms with Gasteiger partial charge in [-0.05, 0) is 55.0 Å². The summed E-state index contributed by atoms with van der Waals surface area (Å²) in [5.74, 6) is -0.947. The second-order valence-corrected chi connectivity index (χ2v) is 9.13. The maximum absolute atomic E-state index is 12.7. The molecule has 0 aromatic heterocycles. The number of amides is 2. The van der Waals surface area contributed by atoms with Gasteiger partial charge in [0.05, 0.1) is 21.2 Å². The Bertz CT molecular complexity index is 1240. The van der Waals surface area contributed by atoms with Gasteiger partial charge in [-0.3, -0.25) is 9.59 Å². The lowest BCUT2D eigenvalue weighted by molar-refractivity contribution is 0.102. The van der Waals surface area contributed by atoms with Gasteiger partial charge < -0.3 is 10.6 Å². The maximum Gasteiger partial charge on any atom is 0.257 e. The lowest BCUT2D eigenvalue weighted by Gasteiger charge is -2.12. The van der Waals surface area contributed by atoms with Crippen molar-refractivity contribution in [2.24, 2.45) is 0 Å². The van der Waals surface area contributed by atoms with Gasteiger partial charge >= 0.3 is 0 Å². The summed E-state index contributed by atoms with van der Waals surface area (Å²) in [5.41, 5.74) is 2.30. The predicted molar refractivity (Wildman–Crippen MR) is 118 cm³/mol. The topological polar surface area (TPSA) is 92.3 Å². The quantitative estimate of drug-likeness (QED) is 0.606. The molecule has 0 saturated carbocycles. The zero-order valence-corrected chi connectivity index (χ0v) is 17.8. The first-order valence-electron chi connectivity index (χ1n) is 8.93. The Morgan fingerprint density at radius 2 is 1.60 bits per heavy atom. The summed E-state index contributed by atoms with van der Waals surface area (Å²) in [7, 11) is -3.60. The lowest BCUT2D eigenvalue weighted by Crippen LogP contribution is -2.18. The van der Waals surface area contributed by atoms with E-state index < -0.39 is 15.7 Å². The monoisotopic (exact) mass is 442 g/mol. The van der Waals surface area contributed by atoms with Crippen molar-refractivity contribution < 1.29 is 18.0 Å². The van der Waals surface area contributed by atoms with Crippen LogP contribution in [0.25, 0.3) is 0 Å². The van der Waals surface area contributed by atoms with Gasteiger partial charge in [-0.2, -0.15) is 0 Å². The molecule has 3 rings (SSSR count). The van der Waals surface area contributed by atoms with Gasteiger partial charge in [-0.1, -0.05) is 35.9 Å². The van der Waals surface area contributed by atoms with E-state index in [0.717, 1.165) is 11.8 Å². The summed E-state index contributed by atoms with van der Waals surface area (Å²) in [5, 5.41) is 5.50. The van der Waals surface area contributed by atoms with Crippen LogP contribution < -0.4 is 10.6 Å². The molecule has 0 heterocycles. The Hall–Kier alpha value is -3.16. The Morgan fingerprint density at radius 1 is 0.867 bits per heavy atom. The van der Waals surface area contributed by atoms with Crippen molar-refractivity contribution in [3.8, 4) is 0 Å². The van der Waals surface area contributed by atoms with Crippen molar-refractivity contribution in [1.82, 2.24) is 0 Å². The van der Waals surface area contributed by atoms with Crippen molar-refractivity contribution >= 4 is 44.6 Å². The van der Waals surface area contributed by atoms with Crippen LogP contribution >= 0.6 is 11.6 Å². The number of anilines is 2. The van der Waals surface area contributed by atoms with Gasteiger partial charge in [0.15, 0.2) is 9.84 Å². The molecule has 0 unspecified atom stereocenters. The van der Waals surface area contributed by atoms with Crippen molar-refractivity contribution in [3.05, 3.63) is 88.4 Å². The highest BCUT2D eigenvalue weighted by Gasteiger charge is 2.18. The summed E-state index contributed by atoms with van der Waals surface area (Å²) in [6, 6.07) is 17.9. The second kappa shape index (κ2) is 8.69. The van der Waals surface area contributed by atoms with Crippen LogP contribution in [-0.2, 0) is 9.84 Å². The largest absolute Gasteiger partial charge is 0.322 e. The van der Waals surface area contributed by atoms with Crippen LogP contribution in [0.15, 0.2) is 71.6 Å². The minimum atomic E-state index is -3.60. The van der Waals surface area contributed by atoms with Gasteiger partial charge in [-0.25, -0.2) is 8.42 Å². The van der Waals surface area contributed by atoms with E-state index in [9.17, 15) is 18.0 Å². The molecule has 3 aromatic carbocycles. The lowest BCUT2D eigenvalue weighted by atomic mass is 10.1. The number of benzene rings is 3. The van der Waals surface area contributed by atoms with Crippen molar-refractivity contribution in [1.29, 1.82) is 0 Å². The molecule has 154 valence electrons. The van der Waals surface area contributed by atoms with E-state index in [0.29, 0.717) is 11.4 Å². The highest BCUT2D eigenvalue weighted by Crippen LogP contribution is 2.24. The normalized spacial score (nSPS) is 11.0. The molecule has 0 atom stereocenters. The van der Waals surface area contributed by atoms with Crippen LogP contribution in [0.4, 0.5) is 11.4 Å². The molecule has 0 bridgehead atoms. The zero-order valence-electron chi connectivity index (χ0n) is 16.3. The molecule has 0 spiro atoms. The molecule has 0 aliphatic rings. The summed E-state index contributed by atoms with van der Waals surface area (Å²) in [6.45, 7) is 1.92. The van der Waals surface area contributed by atoms with E-state index in [4.69, 9.17) is 11.6 Å². The fourth-order valence-corrected chi connectivity index (χ4v) is 4.14. The van der Waals surface area contributed by atoms with Crippen LogP contribution in [0.2, 0.25) is 5.02 Å². The number of carbonyl (C=O) groups is 2. The van der Waals surface area contributed by atoms with Crippen LogP contribution in [0.5, 0.6) is 0 Å². The van der Waals surface area contributed by atoms with E-state index in [1.165, 1.54) is 18.2 Å². The highest BCUT2D eigenvalue weighted by atomic mass is 35.5. The molecule has 30 heavy (non-hydrogen) atoms. The smallest absolute Gasteiger partial charge is 0.257 e. The summed E-state index contributed by atoms with van der Waals surface area (Å²) >= 11 is 5.94. The number of rotatable bonds is 5. The van der Waals surface area contributed by atoms with E-state index in [1.54, 1.807) is 30.3 Å². The van der Waals surface area contributed by atoms with Gasteiger partial charge in [0.25, 0.3) is 11.8 Å². The second-order valence-electron chi connectivity index (χ2n) is 6.74. The van der Waals surface area contributed by atoms with Gasteiger partial charge in [0.2, 0.25) is 0 Å².